The van der Waals surface area contributed by atoms with Gasteiger partial charge in [-0.1, -0.05) is 44.0 Å². The number of H-pyrrole nitrogens is 1. The highest BCUT2D eigenvalue weighted by atomic mass is 35.5. The first kappa shape index (κ1) is 25.2. The first-order valence-electron chi connectivity index (χ1n) is 11.6. The van der Waals surface area contributed by atoms with Gasteiger partial charge in [0.25, 0.3) is 5.91 Å². The van der Waals surface area contributed by atoms with E-state index in [1.807, 2.05) is 0 Å². The summed E-state index contributed by atoms with van der Waals surface area (Å²) in [5.41, 5.74) is 0.676. The maximum atomic E-state index is 13.5. The van der Waals surface area contributed by atoms with E-state index < -0.39 is 15.9 Å². The monoisotopic (exact) mass is 548 g/mol. The van der Waals surface area contributed by atoms with Crippen LogP contribution in [0.15, 0.2) is 51.5 Å². The Morgan fingerprint density at radius 1 is 1.14 bits per heavy atom. The van der Waals surface area contributed by atoms with Crippen molar-refractivity contribution in [2.45, 2.75) is 51.0 Å². The van der Waals surface area contributed by atoms with Gasteiger partial charge in [0.15, 0.2) is 5.69 Å². The zero-order valence-corrected chi connectivity index (χ0v) is 22.4. The number of azo groups is 1. The lowest BCUT2D eigenvalue weighted by molar-refractivity contribution is 0.0995. The second-order valence-electron chi connectivity index (χ2n) is 10.9. The van der Waals surface area contributed by atoms with E-state index in [4.69, 9.17) is 23.2 Å². The maximum absolute atomic E-state index is 13.5. The molecular weight excluding hydrogens is 523 g/mol. The van der Waals surface area contributed by atoms with Crippen LogP contribution in [-0.2, 0) is 10.0 Å². The molecule has 1 amide bonds. The molecule has 1 saturated heterocycles. The summed E-state index contributed by atoms with van der Waals surface area (Å²) in [5.74, 6) is -0.994. The second kappa shape index (κ2) is 8.55. The van der Waals surface area contributed by atoms with Crippen molar-refractivity contribution < 1.29 is 18.3 Å². The molecule has 2 aromatic carbocycles. The standard InChI is InChI=1S/C25H26Cl2N4O4S/c1-24(2)10-16-11-25(3,12-24)13-31(16)36(34,35)17-6-4-14(5-7-17)22(32)30-29-21-18-8-15(26)9-19(27)20(18)28-23(21)33/h4-9,16,28,33H,10-13H2,1-3H3. The fourth-order valence-corrected chi connectivity index (χ4v) is 8.36. The predicted octanol–water partition coefficient (Wildman–Crippen LogP) is 6.69. The molecule has 8 nitrogen and oxygen atoms in total. The molecule has 0 radical (unpaired) electrons. The Hall–Kier alpha value is -2.46. The van der Waals surface area contributed by atoms with Crippen molar-refractivity contribution >= 4 is 55.7 Å². The molecule has 5 rings (SSSR count). The Morgan fingerprint density at radius 2 is 1.83 bits per heavy atom. The summed E-state index contributed by atoms with van der Waals surface area (Å²) >= 11 is 12.2. The number of aromatic amines is 1. The van der Waals surface area contributed by atoms with Crippen LogP contribution >= 0.6 is 23.2 Å². The van der Waals surface area contributed by atoms with Gasteiger partial charge in [0.2, 0.25) is 15.9 Å². The number of hydrogen-bond donors (Lipinski definition) is 2. The number of halogens is 2. The quantitative estimate of drug-likeness (QED) is 0.353. The second-order valence-corrected chi connectivity index (χ2v) is 13.7. The summed E-state index contributed by atoms with van der Waals surface area (Å²) < 4.78 is 28.5. The topological polar surface area (TPSA) is 115 Å². The van der Waals surface area contributed by atoms with Crippen molar-refractivity contribution in [2.24, 2.45) is 21.1 Å². The molecule has 2 unspecified atom stereocenters. The fourth-order valence-electron chi connectivity index (χ4n) is 6.04. The average molecular weight is 549 g/mol. The highest BCUT2D eigenvalue weighted by Crippen LogP contribution is 2.53. The van der Waals surface area contributed by atoms with Crippen LogP contribution in [0.4, 0.5) is 5.69 Å². The fraction of sp³-hybridized carbons (Fsp3) is 0.400. The Kier molecular flexibility index (Phi) is 5.98. The van der Waals surface area contributed by atoms with Crippen molar-refractivity contribution in [3.05, 3.63) is 52.0 Å². The van der Waals surface area contributed by atoms with E-state index in [-0.39, 0.29) is 43.9 Å². The number of rotatable bonds is 4. The summed E-state index contributed by atoms with van der Waals surface area (Å²) in [6.07, 6.45) is 2.69. The lowest BCUT2D eigenvalue weighted by atomic mass is 9.65. The summed E-state index contributed by atoms with van der Waals surface area (Å²) in [7, 11) is -3.70. The Labute approximate surface area is 219 Å². The smallest absolute Gasteiger partial charge is 0.295 e. The van der Waals surface area contributed by atoms with E-state index in [1.54, 1.807) is 10.4 Å². The lowest BCUT2D eigenvalue weighted by Gasteiger charge is -2.39. The van der Waals surface area contributed by atoms with E-state index in [9.17, 15) is 18.3 Å². The normalized spacial score (nSPS) is 24.1. The van der Waals surface area contributed by atoms with E-state index in [0.717, 1.165) is 19.3 Å². The number of sulfonamides is 1. The maximum Gasteiger partial charge on any atom is 0.295 e. The van der Waals surface area contributed by atoms with Gasteiger partial charge in [-0.2, -0.15) is 4.31 Å². The number of amides is 1. The van der Waals surface area contributed by atoms with Crippen LogP contribution in [-0.4, -0.2) is 41.3 Å². The summed E-state index contributed by atoms with van der Waals surface area (Å²) in [6, 6.07) is 8.73. The van der Waals surface area contributed by atoms with Gasteiger partial charge in [-0.25, -0.2) is 8.42 Å². The number of nitrogens with zero attached hydrogens (tertiary/aromatic N) is 3. The molecule has 36 heavy (non-hydrogen) atoms. The van der Waals surface area contributed by atoms with Gasteiger partial charge in [-0.3, -0.25) is 4.79 Å². The zero-order chi connectivity index (χ0) is 26.0. The van der Waals surface area contributed by atoms with E-state index in [0.29, 0.717) is 22.5 Å². The summed E-state index contributed by atoms with van der Waals surface area (Å²) in [5, 5.41) is 18.8. The van der Waals surface area contributed by atoms with Crippen LogP contribution < -0.4 is 0 Å². The van der Waals surface area contributed by atoms with Crippen LogP contribution in [0.25, 0.3) is 10.9 Å². The molecule has 2 aliphatic rings. The molecule has 2 bridgehead atoms. The van der Waals surface area contributed by atoms with Gasteiger partial charge in [0, 0.05) is 28.6 Å². The molecule has 2 N–H and O–H groups in total. The number of hydrogen-bond acceptors (Lipinski definition) is 5. The molecule has 2 heterocycles. The van der Waals surface area contributed by atoms with Gasteiger partial charge in [0.05, 0.1) is 15.4 Å². The van der Waals surface area contributed by atoms with Crippen LogP contribution in [0, 0.1) is 10.8 Å². The summed E-state index contributed by atoms with van der Waals surface area (Å²) in [6.45, 7) is 7.06. The molecule has 3 aromatic rings. The van der Waals surface area contributed by atoms with Crippen LogP contribution in [0.3, 0.4) is 0 Å². The minimum Gasteiger partial charge on any atom is -0.493 e. The first-order valence-corrected chi connectivity index (χ1v) is 13.8. The van der Waals surface area contributed by atoms with Crippen molar-refractivity contribution in [3.8, 4) is 5.88 Å². The van der Waals surface area contributed by atoms with E-state index >= 15 is 0 Å². The molecule has 2 atom stereocenters. The number of benzene rings is 2. The molecule has 1 aliphatic heterocycles. The predicted molar refractivity (Wildman–Crippen MR) is 139 cm³/mol. The first-order chi connectivity index (χ1) is 16.8. The molecule has 11 heteroatoms. The molecule has 1 aromatic heterocycles. The largest absolute Gasteiger partial charge is 0.493 e. The highest BCUT2D eigenvalue weighted by molar-refractivity contribution is 7.89. The van der Waals surface area contributed by atoms with Crippen LogP contribution in [0.5, 0.6) is 5.88 Å². The minimum atomic E-state index is -3.70. The van der Waals surface area contributed by atoms with E-state index in [2.05, 4.69) is 36.0 Å². The number of fused-ring (bicyclic) bond motifs is 3. The van der Waals surface area contributed by atoms with Crippen molar-refractivity contribution in [1.29, 1.82) is 0 Å². The van der Waals surface area contributed by atoms with Crippen LogP contribution in [0.1, 0.15) is 50.4 Å². The highest BCUT2D eigenvalue weighted by Gasteiger charge is 2.53. The number of carbonyl (C=O) groups excluding carboxylic acids is 1. The third-order valence-corrected chi connectivity index (χ3v) is 9.52. The molecular formula is C25H26Cl2N4O4S. The minimum absolute atomic E-state index is 0.0234. The lowest BCUT2D eigenvalue weighted by Crippen LogP contribution is -2.37. The van der Waals surface area contributed by atoms with Gasteiger partial charge < -0.3 is 10.1 Å². The van der Waals surface area contributed by atoms with E-state index in [1.165, 1.54) is 30.3 Å². The summed E-state index contributed by atoms with van der Waals surface area (Å²) in [4.78, 5) is 15.5. The molecule has 0 spiro atoms. The Bertz CT molecular complexity index is 1520. The van der Waals surface area contributed by atoms with Crippen molar-refractivity contribution in [2.75, 3.05) is 6.54 Å². The molecule has 1 saturated carbocycles. The van der Waals surface area contributed by atoms with Gasteiger partial charge >= 0.3 is 0 Å². The number of nitrogens with one attached hydrogen (secondary N) is 1. The number of carbonyl (C=O) groups is 1. The third kappa shape index (κ3) is 4.42. The van der Waals surface area contributed by atoms with Crippen LogP contribution in [0.2, 0.25) is 10.0 Å². The number of aromatic nitrogens is 1. The molecule has 1 aliphatic carbocycles. The molecule has 190 valence electrons. The van der Waals surface area contributed by atoms with Crippen molar-refractivity contribution in [1.82, 2.24) is 9.29 Å². The molecule has 2 fully saturated rings. The zero-order valence-electron chi connectivity index (χ0n) is 20.0. The SMILES string of the molecule is CC1(C)CC2CC(C)(CN2S(=O)(=O)c2ccc(C(=O)N=Nc3c(O)[nH]c4c(Cl)cc(Cl)cc34)cc2)C1. The number of aromatic hydroxyl groups is 1. The van der Waals surface area contributed by atoms with Gasteiger partial charge in [-0.15, -0.1) is 10.2 Å². The van der Waals surface area contributed by atoms with Gasteiger partial charge in [0.1, 0.15) is 0 Å². The Balaban J connectivity index is 1.37. The van der Waals surface area contributed by atoms with Gasteiger partial charge in [-0.05, 0) is 66.5 Å². The van der Waals surface area contributed by atoms with Crippen molar-refractivity contribution in [3.63, 3.8) is 0 Å². The third-order valence-electron chi connectivity index (χ3n) is 7.09. The Morgan fingerprint density at radius 3 is 2.53 bits per heavy atom. The average Bonchev–Trinajstić information content (AvgIpc) is 3.23.